The van der Waals surface area contributed by atoms with Crippen molar-refractivity contribution in [3.63, 3.8) is 0 Å². The molecule has 1 atom stereocenters. The van der Waals surface area contributed by atoms with Crippen LogP contribution in [0.4, 0.5) is 0 Å². The number of hydrogen-bond donors (Lipinski definition) is 1. The van der Waals surface area contributed by atoms with Crippen LogP contribution in [0.5, 0.6) is 0 Å². The molecule has 0 spiro atoms. The zero-order valence-corrected chi connectivity index (χ0v) is 11.7. The highest BCUT2D eigenvalue weighted by Crippen LogP contribution is 2.28. The molecule has 1 N–H and O–H groups in total. The molecule has 17 heavy (non-hydrogen) atoms. The van der Waals surface area contributed by atoms with E-state index < -0.39 is 0 Å². The Morgan fingerprint density at radius 2 is 2.00 bits per heavy atom. The molecule has 102 valence electrons. The predicted molar refractivity (Wildman–Crippen MR) is 71.2 cm³/mol. The third-order valence-electron chi connectivity index (χ3n) is 4.26. The first kappa shape index (κ1) is 14.9. The van der Waals surface area contributed by atoms with Crippen molar-refractivity contribution in [1.29, 1.82) is 0 Å². The van der Waals surface area contributed by atoms with Crippen LogP contribution in [-0.2, 0) is 4.74 Å². The summed E-state index contributed by atoms with van der Waals surface area (Å²) in [6, 6.07) is 0. The van der Waals surface area contributed by atoms with E-state index in [1.165, 1.54) is 12.8 Å². The van der Waals surface area contributed by atoms with E-state index in [0.717, 1.165) is 39.1 Å². The minimum Gasteiger partial charge on any atom is -0.396 e. The molecule has 0 saturated carbocycles. The van der Waals surface area contributed by atoms with Gasteiger partial charge in [0.05, 0.1) is 6.10 Å². The van der Waals surface area contributed by atoms with Crippen LogP contribution in [-0.4, -0.2) is 49.0 Å². The smallest absolute Gasteiger partial charge is 0.0702 e. The molecule has 0 aliphatic carbocycles. The van der Waals surface area contributed by atoms with Crippen molar-refractivity contribution in [3.05, 3.63) is 0 Å². The lowest BCUT2D eigenvalue weighted by molar-refractivity contribution is -0.0169. The molecule has 1 saturated heterocycles. The van der Waals surface area contributed by atoms with E-state index in [9.17, 15) is 5.11 Å². The molecule has 1 aliphatic rings. The Balaban J connectivity index is 2.49. The van der Waals surface area contributed by atoms with Gasteiger partial charge in [0.15, 0.2) is 0 Å². The van der Waals surface area contributed by atoms with Gasteiger partial charge in [-0.1, -0.05) is 13.8 Å². The Kier molecular flexibility index (Phi) is 6.45. The second-order valence-corrected chi connectivity index (χ2v) is 5.32. The molecule has 0 aromatic carbocycles. The Hall–Kier alpha value is -0.120. The standard InChI is InChI=1S/C14H29NO2/c1-4-14(5-2,12-16)11-15-9-7-8-13(10-15)17-6-3/h13,16H,4-12H2,1-3H3. The predicted octanol–water partition coefficient (Wildman–Crippen LogP) is 2.29. The Morgan fingerprint density at radius 3 is 2.53 bits per heavy atom. The Labute approximate surface area is 106 Å². The second-order valence-electron chi connectivity index (χ2n) is 5.32. The molecular weight excluding hydrogens is 214 g/mol. The summed E-state index contributed by atoms with van der Waals surface area (Å²) in [5, 5.41) is 9.62. The van der Waals surface area contributed by atoms with Crippen LogP contribution in [0.15, 0.2) is 0 Å². The maximum atomic E-state index is 9.62. The average Bonchev–Trinajstić information content (AvgIpc) is 2.37. The summed E-state index contributed by atoms with van der Waals surface area (Å²) in [6.45, 7) is 10.8. The molecule has 1 unspecified atom stereocenters. The van der Waals surface area contributed by atoms with Crippen molar-refractivity contribution >= 4 is 0 Å². The summed E-state index contributed by atoms with van der Waals surface area (Å²) < 4.78 is 5.72. The fourth-order valence-corrected chi connectivity index (χ4v) is 2.75. The van der Waals surface area contributed by atoms with Crippen molar-refractivity contribution in [2.24, 2.45) is 5.41 Å². The average molecular weight is 243 g/mol. The lowest BCUT2D eigenvalue weighted by Crippen LogP contribution is -2.46. The second kappa shape index (κ2) is 7.34. The van der Waals surface area contributed by atoms with Gasteiger partial charge in [0.1, 0.15) is 0 Å². The third kappa shape index (κ3) is 4.23. The van der Waals surface area contributed by atoms with Gasteiger partial charge in [-0.05, 0) is 39.2 Å². The van der Waals surface area contributed by atoms with Crippen molar-refractivity contribution < 1.29 is 9.84 Å². The van der Waals surface area contributed by atoms with Crippen molar-refractivity contribution in [3.8, 4) is 0 Å². The van der Waals surface area contributed by atoms with Gasteiger partial charge in [-0.15, -0.1) is 0 Å². The van der Waals surface area contributed by atoms with Gasteiger partial charge in [-0.25, -0.2) is 0 Å². The van der Waals surface area contributed by atoms with Crippen LogP contribution < -0.4 is 0 Å². The first-order valence-corrected chi connectivity index (χ1v) is 7.14. The van der Waals surface area contributed by atoms with E-state index in [1.54, 1.807) is 0 Å². The highest BCUT2D eigenvalue weighted by molar-refractivity contribution is 4.83. The van der Waals surface area contributed by atoms with Crippen molar-refractivity contribution in [2.45, 2.75) is 52.6 Å². The molecule has 1 heterocycles. The summed E-state index contributed by atoms with van der Waals surface area (Å²) in [7, 11) is 0. The molecule has 3 heteroatoms. The van der Waals surface area contributed by atoms with Crippen LogP contribution in [0.25, 0.3) is 0 Å². The van der Waals surface area contributed by atoms with Crippen LogP contribution in [0.1, 0.15) is 46.5 Å². The van der Waals surface area contributed by atoms with Crippen LogP contribution in [0, 0.1) is 5.41 Å². The molecule has 0 radical (unpaired) electrons. The molecule has 1 fully saturated rings. The highest BCUT2D eigenvalue weighted by atomic mass is 16.5. The number of rotatable bonds is 7. The number of hydrogen-bond acceptors (Lipinski definition) is 3. The minimum atomic E-state index is 0.0914. The minimum absolute atomic E-state index is 0.0914. The number of piperidine rings is 1. The van der Waals surface area contributed by atoms with E-state index in [0.29, 0.717) is 12.7 Å². The van der Waals surface area contributed by atoms with Gasteiger partial charge in [0.25, 0.3) is 0 Å². The summed E-state index contributed by atoms with van der Waals surface area (Å²) in [4.78, 5) is 2.48. The quantitative estimate of drug-likeness (QED) is 0.744. The molecular formula is C14H29NO2. The maximum absolute atomic E-state index is 9.62. The van der Waals surface area contributed by atoms with Crippen molar-refractivity contribution in [2.75, 3.05) is 32.8 Å². The first-order chi connectivity index (χ1) is 8.19. The van der Waals surface area contributed by atoms with E-state index in [1.807, 2.05) is 0 Å². The van der Waals surface area contributed by atoms with E-state index >= 15 is 0 Å². The van der Waals surface area contributed by atoms with Crippen LogP contribution in [0.2, 0.25) is 0 Å². The Bertz CT molecular complexity index is 194. The summed E-state index contributed by atoms with van der Waals surface area (Å²) in [6.07, 6.45) is 4.92. The summed E-state index contributed by atoms with van der Waals surface area (Å²) in [5.74, 6) is 0. The van der Waals surface area contributed by atoms with Crippen LogP contribution >= 0.6 is 0 Å². The molecule has 3 nitrogen and oxygen atoms in total. The van der Waals surface area contributed by atoms with E-state index in [4.69, 9.17) is 4.74 Å². The lowest BCUT2D eigenvalue weighted by Gasteiger charge is -2.39. The zero-order chi connectivity index (χ0) is 12.7. The van der Waals surface area contributed by atoms with Crippen LogP contribution in [0.3, 0.4) is 0 Å². The third-order valence-corrected chi connectivity index (χ3v) is 4.26. The highest BCUT2D eigenvalue weighted by Gasteiger charge is 2.30. The normalized spacial score (nSPS) is 22.9. The summed E-state index contributed by atoms with van der Waals surface area (Å²) in [5.41, 5.74) is 0.0914. The van der Waals surface area contributed by atoms with E-state index in [2.05, 4.69) is 25.7 Å². The van der Waals surface area contributed by atoms with Gasteiger partial charge >= 0.3 is 0 Å². The SMILES string of the molecule is CCOC1CCCN(CC(CC)(CC)CO)C1. The number of likely N-dealkylation sites (tertiary alicyclic amines) is 1. The topological polar surface area (TPSA) is 32.7 Å². The fourth-order valence-electron chi connectivity index (χ4n) is 2.75. The van der Waals surface area contributed by atoms with E-state index in [-0.39, 0.29) is 5.41 Å². The number of ether oxygens (including phenoxy) is 1. The van der Waals surface area contributed by atoms with Crippen molar-refractivity contribution in [1.82, 2.24) is 4.90 Å². The number of nitrogens with zero attached hydrogens (tertiary/aromatic N) is 1. The van der Waals surface area contributed by atoms with Gasteiger partial charge in [-0.2, -0.15) is 0 Å². The van der Waals surface area contributed by atoms with Gasteiger partial charge in [-0.3, -0.25) is 0 Å². The molecule has 0 amide bonds. The number of aliphatic hydroxyl groups is 1. The molecule has 0 aromatic rings. The fraction of sp³-hybridized carbons (Fsp3) is 1.00. The van der Waals surface area contributed by atoms with Gasteiger partial charge in [0, 0.05) is 31.7 Å². The Morgan fingerprint density at radius 1 is 1.29 bits per heavy atom. The summed E-state index contributed by atoms with van der Waals surface area (Å²) >= 11 is 0. The van der Waals surface area contributed by atoms with Gasteiger partial charge in [0.2, 0.25) is 0 Å². The zero-order valence-electron chi connectivity index (χ0n) is 11.7. The molecule has 1 rings (SSSR count). The maximum Gasteiger partial charge on any atom is 0.0702 e. The van der Waals surface area contributed by atoms with Gasteiger partial charge < -0.3 is 14.7 Å². The monoisotopic (exact) mass is 243 g/mol. The molecule has 0 aromatic heterocycles. The first-order valence-electron chi connectivity index (χ1n) is 7.14. The lowest BCUT2D eigenvalue weighted by atomic mass is 9.82. The largest absolute Gasteiger partial charge is 0.396 e. The number of aliphatic hydroxyl groups excluding tert-OH is 1. The molecule has 0 bridgehead atoms. The molecule has 1 aliphatic heterocycles.